The maximum Gasteiger partial charge on any atom is 0.228 e. The molecule has 2 aliphatic rings. The summed E-state index contributed by atoms with van der Waals surface area (Å²) >= 11 is 3.25. The number of amides is 2. The average Bonchev–Trinajstić information content (AvgIpc) is 3.53. The quantitative estimate of drug-likeness (QED) is 0.574. The largest absolute Gasteiger partial charge is 0.346 e. The Balaban J connectivity index is 1.39. The van der Waals surface area contributed by atoms with E-state index in [0.717, 1.165) is 40.8 Å². The summed E-state index contributed by atoms with van der Waals surface area (Å²) in [5.41, 5.74) is 2.01. The highest BCUT2D eigenvalue weighted by molar-refractivity contribution is 7.13. The Labute approximate surface area is 196 Å². The molecule has 2 unspecified atom stereocenters. The smallest absolute Gasteiger partial charge is 0.228 e. The van der Waals surface area contributed by atoms with E-state index in [0.29, 0.717) is 13.1 Å². The van der Waals surface area contributed by atoms with E-state index in [4.69, 9.17) is 0 Å². The first-order valence-electron chi connectivity index (χ1n) is 11.0. The molecule has 166 valence electrons. The molecule has 0 aliphatic carbocycles. The van der Waals surface area contributed by atoms with E-state index in [1.165, 1.54) is 0 Å². The van der Waals surface area contributed by atoms with Gasteiger partial charge in [0.05, 0.1) is 12.0 Å². The van der Waals surface area contributed by atoms with Gasteiger partial charge in [-0.05, 0) is 36.9 Å². The monoisotopic (exact) mass is 466 g/mol. The summed E-state index contributed by atoms with van der Waals surface area (Å²) in [6.45, 7) is 5.07. The lowest BCUT2D eigenvalue weighted by molar-refractivity contribution is -0.136. The van der Waals surface area contributed by atoms with Crippen molar-refractivity contribution in [2.75, 3.05) is 36.0 Å². The van der Waals surface area contributed by atoms with E-state index in [1.807, 2.05) is 70.1 Å². The second-order valence-electron chi connectivity index (χ2n) is 8.35. The summed E-state index contributed by atoms with van der Waals surface area (Å²) in [6.07, 6.45) is 2.97. The zero-order valence-electron chi connectivity index (χ0n) is 18.0. The molecule has 0 bridgehead atoms. The van der Waals surface area contributed by atoms with Gasteiger partial charge in [0.1, 0.15) is 0 Å². The second kappa shape index (κ2) is 9.03. The van der Waals surface area contributed by atoms with Crippen LogP contribution in [0.1, 0.15) is 29.3 Å². The average molecular weight is 467 g/mol. The van der Waals surface area contributed by atoms with Gasteiger partial charge in [-0.25, -0.2) is 4.98 Å². The fourth-order valence-electron chi connectivity index (χ4n) is 4.69. The van der Waals surface area contributed by atoms with E-state index < -0.39 is 0 Å². The van der Waals surface area contributed by atoms with Gasteiger partial charge >= 0.3 is 0 Å². The van der Waals surface area contributed by atoms with Gasteiger partial charge in [-0.3, -0.25) is 9.59 Å². The van der Waals surface area contributed by atoms with E-state index in [9.17, 15) is 9.59 Å². The van der Waals surface area contributed by atoms with Gasteiger partial charge in [0, 0.05) is 54.7 Å². The summed E-state index contributed by atoms with van der Waals surface area (Å²) in [5, 5.41) is 5.01. The van der Waals surface area contributed by atoms with Crippen molar-refractivity contribution in [3.63, 3.8) is 0 Å². The van der Waals surface area contributed by atoms with Gasteiger partial charge in [0.25, 0.3) is 0 Å². The van der Waals surface area contributed by atoms with E-state index in [-0.39, 0.29) is 30.2 Å². The van der Waals surface area contributed by atoms with Gasteiger partial charge < -0.3 is 14.7 Å². The predicted octanol–water partition coefficient (Wildman–Crippen LogP) is 4.35. The Bertz CT molecular complexity index is 1070. The van der Waals surface area contributed by atoms with Crippen molar-refractivity contribution < 1.29 is 9.59 Å². The summed E-state index contributed by atoms with van der Waals surface area (Å²) < 4.78 is 0. The van der Waals surface area contributed by atoms with Crippen LogP contribution in [-0.4, -0.2) is 47.9 Å². The molecule has 2 aliphatic heterocycles. The Morgan fingerprint density at radius 2 is 1.88 bits per heavy atom. The number of benzene rings is 1. The van der Waals surface area contributed by atoms with Gasteiger partial charge in [0.15, 0.2) is 5.13 Å². The predicted molar refractivity (Wildman–Crippen MR) is 129 cm³/mol. The number of thiazole rings is 1. The molecule has 6 nitrogen and oxygen atoms in total. The zero-order chi connectivity index (χ0) is 22.1. The molecule has 2 amide bonds. The summed E-state index contributed by atoms with van der Waals surface area (Å²) in [4.78, 5) is 38.5. The first-order valence-corrected chi connectivity index (χ1v) is 12.7. The number of aryl methyl sites for hydroxylation is 1. The fraction of sp³-hybridized carbons (Fsp3) is 0.375. The van der Waals surface area contributed by atoms with Gasteiger partial charge in [-0.2, -0.15) is 0 Å². The highest BCUT2D eigenvalue weighted by Crippen LogP contribution is 2.43. The Hall–Kier alpha value is -2.71. The third kappa shape index (κ3) is 4.04. The van der Waals surface area contributed by atoms with Crippen molar-refractivity contribution in [3.8, 4) is 0 Å². The van der Waals surface area contributed by atoms with Crippen LogP contribution in [0.3, 0.4) is 0 Å². The minimum atomic E-state index is -0.367. The SMILES string of the molecule is Cc1ccc(N2C(=O)CC(C(=O)N3CCCN(c4nccs4)CC3)C2c2cccs2)cc1. The maximum absolute atomic E-state index is 13.7. The Morgan fingerprint density at radius 3 is 2.59 bits per heavy atom. The molecule has 8 heteroatoms. The number of carbonyl (C=O) groups excluding carboxylic acids is 2. The van der Waals surface area contributed by atoms with Gasteiger partial charge in [-0.15, -0.1) is 22.7 Å². The molecule has 3 aromatic rings. The molecule has 0 spiro atoms. The summed E-state index contributed by atoms with van der Waals surface area (Å²) in [5.74, 6) is -0.258. The van der Waals surface area contributed by atoms with Crippen LogP contribution in [-0.2, 0) is 9.59 Å². The number of anilines is 2. The molecule has 0 radical (unpaired) electrons. The van der Waals surface area contributed by atoms with Crippen LogP contribution in [0.5, 0.6) is 0 Å². The van der Waals surface area contributed by atoms with Crippen molar-refractivity contribution in [3.05, 3.63) is 63.8 Å². The molecule has 2 atom stereocenters. The van der Waals surface area contributed by atoms with E-state index >= 15 is 0 Å². The number of thiophene rings is 1. The number of aromatic nitrogens is 1. The topological polar surface area (TPSA) is 56.8 Å². The van der Waals surface area contributed by atoms with Crippen molar-refractivity contribution in [1.29, 1.82) is 0 Å². The second-order valence-corrected chi connectivity index (χ2v) is 10.2. The molecule has 2 fully saturated rings. The van der Waals surface area contributed by atoms with Crippen LogP contribution in [0.25, 0.3) is 0 Å². The minimum Gasteiger partial charge on any atom is -0.346 e. The number of hydrogen-bond donors (Lipinski definition) is 0. The van der Waals surface area contributed by atoms with E-state index in [1.54, 1.807) is 22.7 Å². The molecule has 32 heavy (non-hydrogen) atoms. The third-order valence-electron chi connectivity index (χ3n) is 6.28. The standard InChI is InChI=1S/C24H26N4O2S2/c1-17-5-7-18(8-6-17)28-21(29)16-19(22(28)20-4-2-14-31-20)23(30)26-10-3-11-27(13-12-26)24-25-9-15-32-24/h2,4-9,14-15,19,22H,3,10-13,16H2,1H3. The van der Waals surface area contributed by atoms with Crippen LogP contribution in [0.15, 0.2) is 53.4 Å². The minimum absolute atomic E-state index is 0.0184. The van der Waals surface area contributed by atoms with Gasteiger partial charge in [0.2, 0.25) is 11.8 Å². The van der Waals surface area contributed by atoms with Crippen LogP contribution in [0, 0.1) is 12.8 Å². The maximum atomic E-state index is 13.7. The lowest BCUT2D eigenvalue weighted by Crippen LogP contribution is -2.41. The lowest BCUT2D eigenvalue weighted by atomic mass is 9.96. The Morgan fingerprint density at radius 1 is 1.03 bits per heavy atom. The molecule has 0 saturated carbocycles. The first kappa shape index (κ1) is 21.2. The summed E-state index contributed by atoms with van der Waals surface area (Å²) in [6, 6.07) is 11.8. The van der Waals surface area contributed by atoms with E-state index in [2.05, 4.69) is 9.88 Å². The first-order chi connectivity index (χ1) is 15.6. The van der Waals surface area contributed by atoms with Crippen molar-refractivity contribution in [2.24, 2.45) is 5.92 Å². The highest BCUT2D eigenvalue weighted by Gasteiger charge is 2.47. The molecule has 0 N–H and O–H groups in total. The third-order valence-corrected chi connectivity index (χ3v) is 8.06. The molecule has 1 aromatic carbocycles. The molecule has 2 aromatic heterocycles. The molecular weight excluding hydrogens is 440 g/mol. The summed E-state index contributed by atoms with van der Waals surface area (Å²) in [7, 11) is 0. The van der Waals surface area contributed by atoms with Crippen molar-refractivity contribution in [1.82, 2.24) is 9.88 Å². The van der Waals surface area contributed by atoms with Crippen molar-refractivity contribution in [2.45, 2.75) is 25.8 Å². The zero-order valence-corrected chi connectivity index (χ0v) is 19.6. The Kier molecular flexibility index (Phi) is 5.97. The number of nitrogens with zero attached hydrogens (tertiary/aromatic N) is 4. The molecule has 2 saturated heterocycles. The normalized spacial score (nSPS) is 21.8. The van der Waals surface area contributed by atoms with Gasteiger partial charge in [-0.1, -0.05) is 23.8 Å². The molecule has 5 rings (SSSR count). The molecular formula is C24H26N4O2S2. The number of hydrogen-bond acceptors (Lipinski definition) is 6. The van der Waals surface area contributed by atoms with Crippen LogP contribution in [0.2, 0.25) is 0 Å². The fourth-order valence-corrected chi connectivity index (χ4v) is 6.26. The number of rotatable bonds is 4. The molecule has 4 heterocycles. The van der Waals surface area contributed by atoms with Crippen LogP contribution >= 0.6 is 22.7 Å². The van der Waals surface area contributed by atoms with Crippen LogP contribution < -0.4 is 9.80 Å². The lowest BCUT2D eigenvalue weighted by Gasteiger charge is -2.30. The van der Waals surface area contributed by atoms with Crippen LogP contribution in [0.4, 0.5) is 10.8 Å². The highest BCUT2D eigenvalue weighted by atomic mass is 32.1. The van der Waals surface area contributed by atoms with Crippen molar-refractivity contribution >= 4 is 45.3 Å². The number of carbonyl (C=O) groups is 2.